The third-order valence-electron chi connectivity index (χ3n) is 5.87. The molecule has 3 aromatic rings. The van der Waals surface area contributed by atoms with Crippen LogP contribution in [0.2, 0.25) is 0 Å². The maximum atomic E-state index is 11.1. The van der Waals surface area contributed by atoms with E-state index in [0.29, 0.717) is 19.8 Å². The maximum Gasteiger partial charge on any atom is 0.161 e. The smallest absolute Gasteiger partial charge is 0.161 e. The van der Waals surface area contributed by atoms with E-state index in [2.05, 4.69) is 16.1 Å². The van der Waals surface area contributed by atoms with Gasteiger partial charge in [-0.25, -0.2) is 0 Å². The minimum Gasteiger partial charge on any atom is -0.493 e. The van der Waals surface area contributed by atoms with Crippen LogP contribution in [0.3, 0.4) is 0 Å². The van der Waals surface area contributed by atoms with Crippen LogP contribution in [-0.2, 0) is 13.1 Å². The Morgan fingerprint density at radius 2 is 1.94 bits per heavy atom. The van der Waals surface area contributed by atoms with Crippen LogP contribution in [0.1, 0.15) is 24.8 Å². The highest BCUT2D eigenvalue weighted by molar-refractivity contribution is 5.43. The molecule has 4 rings (SSSR count). The molecule has 1 aliphatic rings. The van der Waals surface area contributed by atoms with E-state index < -0.39 is 5.60 Å². The minimum absolute atomic E-state index is 0.292. The lowest BCUT2D eigenvalue weighted by Crippen LogP contribution is -2.51. The van der Waals surface area contributed by atoms with Gasteiger partial charge in [0.2, 0.25) is 0 Å². The Morgan fingerprint density at radius 3 is 2.73 bits per heavy atom. The molecule has 0 aliphatic carbocycles. The van der Waals surface area contributed by atoms with Crippen molar-refractivity contribution >= 4 is 0 Å². The zero-order chi connectivity index (χ0) is 22.9. The van der Waals surface area contributed by atoms with Gasteiger partial charge < -0.3 is 19.3 Å². The molecule has 0 unspecified atom stereocenters. The first-order valence-corrected chi connectivity index (χ1v) is 11.5. The van der Waals surface area contributed by atoms with Gasteiger partial charge >= 0.3 is 0 Å². The number of piperidine rings is 1. The summed E-state index contributed by atoms with van der Waals surface area (Å²) in [7, 11) is 1.66. The zero-order valence-electron chi connectivity index (χ0n) is 19.2. The Bertz CT molecular complexity index is 980. The minimum atomic E-state index is -0.855. The van der Waals surface area contributed by atoms with Crippen LogP contribution >= 0.6 is 0 Å². The average molecular weight is 452 g/mol. The first-order valence-electron chi connectivity index (χ1n) is 11.5. The number of aryl methyl sites for hydroxylation is 1. The molecule has 2 heterocycles. The van der Waals surface area contributed by atoms with Crippen molar-refractivity contribution in [2.75, 3.05) is 33.4 Å². The van der Waals surface area contributed by atoms with Gasteiger partial charge in [0.05, 0.1) is 13.7 Å². The van der Waals surface area contributed by atoms with Gasteiger partial charge in [-0.05, 0) is 55.3 Å². The molecule has 0 amide bonds. The van der Waals surface area contributed by atoms with E-state index in [4.69, 9.17) is 14.2 Å². The summed E-state index contributed by atoms with van der Waals surface area (Å²) in [4.78, 5) is 2.28. The maximum absolute atomic E-state index is 11.1. The molecule has 0 saturated carbocycles. The van der Waals surface area contributed by atoms with Crippen LogP contribution in [0.25, 0.3) is 0 Å². The summed E-state index contributed by atoms with van der Waals surface area (Å²) in [5.74, 6) is 2.26. The highest BCUT2D eigenvalue weighted by Crippen LogP contribution is 2.30. The number of aliphatic hydroxyl groups is 1. The first-order chi connectivity index (χ1) is 16.1. The Kier molecular flexibility index (Phi) is 7.86. The van der Waals surface area contributed by atoms with Crippen molar-refractivity contribution in [3.05, 3.63) is 72.6 Å². The van der Waals surface area contributed by atoms with Crippen molar-refractivity contribution in [3.63, 3.8) is 0 Å². The zero-order valence-corrected chi connectivity index (χ0v) is 19.2. The summed E-state index contributed by atoms with van der Waals surface area (Å²) < 4.78 is 19.3. The quantitative estimate of drug-likeness (QED) is 0.448. The molecule has 1 aromatic heterocycles. The van der Waals surface area contributed by atoms with Crippen LogP contribution in [0.5, 0.6) is 17.2 Å². The van der Waals surface area contributed by atoms with E-state index in [1.54, 1.807) is 13.3 Å². The Hall–Kier alpha value is -3.03. The van der Waals surface area contributed by atoms with E-state index in [1.165, 1.54) is 0 Å². The molecule has 33 heavy (non-hydrogen) atoms. The molecule has 7 nitrogen and oxygen atoms in total. The lowest BCUT2D eigenvalue weighted by atomic mass is 9.93. The SMILES string of the molecule is COc1ccc(CN2CCC[C@](O)(COc3ccccc3)C2)cc1OCCCn1cccn1. The number of para-hydroxylation sites is 1. The summed E-state index contributed by atoms with van der Waals surface area (Å²) in [5.41, 5.74) is 0.276. The van der Waals surface area contributed by atoms with Crippen molar-refractivity contribution in [3.8, 4) is 17.2 Å². The number of ether oxygens (including phenoxy) is 3. The van der Waals surface area contributed by atoms with Gasteiger partial charge in [0.15, 0.2) is 11.5 Å². The summed E-state index contributed by atoms with van der Waals surface area (Å²) >= 11 is 0. The van der Waals surface area contributed by atoms with Crippen molar-refractivity contribution in [1.82, 2.24) is 14.7 Å². The second-order valence-electron chi connectivity index (χ2n) is 8.60. The fraction of sp³-hybridized carbons (Fsp3) is 0.423. The third-order valence-corrected chi connectivity index (χ3v) is 5.87. The Morgan fingerprint density at radius 1 is 1.06 bits per heavy atom. The van der Waals surface area contributed by atoms with E-state index >= 15 is 0 Å². The van der Waals surface area contributed by atoms with Gasteiger partial charge in [0.25, 0.3) is 0 Å². The van der Waals surface area contributed by atoms with Crippen LogP contribution in [0.4, 0.5) is 0 Å². The molecular weight excluding hydrogens is 418 g/mol. The second-order valence-corrected chi connectivity index (χ2v) is 8.60. The van der Waals surface area contributed by atoms with Crippen LogP contribution in [-0.4, -0.2) is 58.8 Å². The highest BCUT2D eigenvalue weighted by atomic mass is 16.5. The summed E-state index contributed by atoms with van der Waals surface area (Å²) in [5, 5.41) is 15.3. The topological polar surface area (TPSA) is 69.0 Å². The van der Waals surface area contributed by atoms with Gasteiger partial charge in [0, 0.05) is 38.4 Å². The summed E-state index contributed by atoms with van der Waals surface area (Å²) in [6.07, 6.45) is 6.26. The van der Waals surface area contributed by atoms with Crippen molar-refractivity contribution in [2.45, 2.75) is 38.0 Å². The molecule has 0 radical (unpaired) electrons. The van der Waals surface area contributed by atoms with Gasteiger partial charge in [0.1, 0.15) is 18.0 Å². The molecule has 176 valence electrons. The Balaban J connectivity index is 1.31. The molecule has 1 N–H and O–H groups in total. The summed E-state index contributed by atoms with van der Waals surface area (Å²) in [6.45, 7) is 3.94. The molecule has 1 saturated heterocycles. The molecule has 7 heteroatoms. The number of aromatic nitrogens is 2. The largest absolute Gasteiger partial charge is 0.493 e. The van der Waals surface area contributed by atoms with E-state index in [1.807, 2.05) is 59.4 Å². The molecule has 0 bridgehead atoms. The molecular formula is C26H33N3O4. The van der Waals surface area contributed by atoms with E-state index in [0.717, 1.165) is 61.7 Å². The number of rotatable bonds is 11. The van der Waals surface area contributed by atoms with Gasteiger partial charge in [-0.2, -0.15) is 5.10 Å². The lowest BCUT2D eigenvalue weighted by molar-refractivity contribution is -0.0621. The number of hydrogen-bond acceptors (Lipinski definition) is 6. The normalized spacial score (nSPS) is 18.7. The highest BCUT2D eigenvalue weighted by Gasteiger charge is 2.34. The van der Waals surface area contributed by atoms with Gasteiger partial charge in [-0.1, -0.05) is 24.3 Å². The number of benzene rings is 2. The van der Waals surface area contributed by atoms with Gasteiger partial charge in [-0.15, -0.1) is 0 Å². The predicted molar refractivity (Wildman–Crippen MR) is 127 cm³/mol. The molecule has 1 aliphatic heterocycles. The monoisotopic (exact) mass is 451 g/mol. The predicted octanol–water partition coefficient (Wildman–Crippen LogP) is 3.77. The van der Waals surface area contributed by atoms with Crippen LogP contribution < -0.4 is 14.2 Å². The van der Waals surface area contributed by atoms with Crippen LogP contribution in [0.15, 0.2) is 67.0 Å². The summed E-state index contributed by atoms with van der Waals surface area (Å²) in [6, 6.07) is 17.6. The van der Waals surface area contributed by atoms with E-state index in [9.17, 15) is 5.11 Å². The fourth-order valence-corrected chi connectivity index (χ4v) is 4.23. The molecule has 2 aromatic carbocycles. The Labute approximate surface area is 195 Å². The number of hydrogen-bond donors (Lipinski definition) is 1. The lowest BCUT2D eigenvalue weighted by Gasteiger charge is -2.39. The molecule has 0 spiro atoms. The van der Waals surface area contributed by atoms with E-state index in [-0.39, 0.29) is 0 Å². The fourth-order valence-electron chi connectivity index (χ4n) is 4.23. The number of nitrogens with zero attached hydrogens (tertiary/aromatic N) is 3. The molecule has 1 fully saturated rings. The van der Waals surface area contributed by atoms with Crippen LogP contribution in [0, 0.1) is 0 Å². The van der Waals surface area contributed by atoms with Crippen molar-refractivity contribution < 1.29 is 19.3 Å². The third kappa shape index (κ3) is 6.73. The van der Waals surface area contributed by atoms with Crippen molar-refractivity contribution in [1.29, 1.82) is 0 Å². The number of β-amino-alcohol motifs (C(OH)–C–C–N with tert-alkyl or cyclic N) is 1. The van der Waals surface area contributed by atoms with Gasteiger partial charge in [-0.3, -0.25) is 9.58 Å². The standard InChI is InChI=1S/C26H33N3O4/c1-31-24-11-10-22(18-25(24)32-17-7-16-29-15-6-13-27-29)19-28-14-5-12-26(30,20-28)21-33-23-8-3-2-4-9-23/h2-4,6,8-11,13,15,18,30H,5,7,12,14,16-17,19-21H2,1H3/t26-/m1/s1. The number of likely N-dealkylation sites (tertiary alicyclic amines) is 1. The second kappa shape index (κ2) is 11.2. The van der Waals surface area contributed by atoms with Crippen molar-refractivity contribution in [2.24, 2.45) is 0 Å². The average Bonchev–Trinajstić information content (AvgIpc) is 3.35. The molecule has 1 atom stereocenters. The number of methoxy groups -OCH3 is 1. The first kappa shape index (κ1) is 23.1.